The topological polar surface area (TPSA) is 38.9 Å². The Morgan fingerprint density at radius 2 is 1.69 bits per heavy atom. The van der Waals surface area contributed by atoms with E-state index in [2.05, 4.69) is 4.98 Å². The second-order valence-electron chi connectivity index (χ2n) is 2.97. The first-order chi connectivity index (χ1) is 7.75. The Balaban J connectivity index is 0.000000606. The van der Waals surface area contributed by atoms with Crippen molar-refractivity contribution >= 4 is 17.3 Å². The first-order valence-corrected chi connectivity index (χ1v) is 5.62. The number of aromatic nitrogens is 1. The lowest BCUT2D eigenvalue weighted by Crippen LogP contribution is -1.89. The van der Waals surface area contributed by atoms with Crippen molar-refractivity contribution in [3.63, 3.8) is 0 Å². The summed E-state index contributed by atoms with van der Waals surface area (Å²) in [6.45, 7) is 4.00. The van der Waals surface area contributed by atoms with Crippen molar-refractivity contribution in [2.24, 2.45) is 0 Å². The summed E-state index contributed by atoms with van der Waals surface area (Å²) in [7, 11) is 0. The molecule has 0 atom stereocenters. The predicted octanol–water partition coefficient (Wildman–Crippen LogP) is 4.01. The fourth-order valence-electron chi connectivity index (χ4n) is 1.27. The van der Waals surface area contributed by atoms with Crippen LogP contribution in [-0.4, -0.2) is 4.98 Å². The van der Waals surface area contributed by atoms with E-state index in [1.165, 1.54) is 0 Å². The van der Waals surface area contributed by atoms with Crippen LogP contribution < -0.4 is 5.73 Å². The molecule has 0 bridgehead atoms. The minimum atomic E-state index is 0.420. The van der Waals surface area contributed by atoms with Gasteiger partial charge in [0, 0.05) is 11.3 Å². The molecule has 1 aromatic heterocycles. The van der Waals surface area contributed by atoms with Gasteiger partial charge in [-0.15, -0.1) is 0 Å². The van der Waals surface area contributed by atoms with Crippen LogP contribution in [0.25, 0.3) is 11.3 Å². The van der Waals surface area contributed by atoms with E-state index in [0.717, 1.165) is 11.3 Å². The summed E-state index contributed by atoms with van der Waals surface area (Å²) >= 11 is 5.81. The molecule has 2 N–H and O–H groups in total. The van der Waals surface area contributed by atoms with Gasteiger partial charge in [-0.3, -0.25) is 0 Å². The standard InChI is InChI=1S/C11H9ClN2.C2H6/c12-11-7-9(13)6-10(14-11)8-4-2-1-3-5-8;1-2/h1-7H,(H2,13,14);1-2H3. The zero-order chi connectivity index (χ0) is 12.0. The third-order valence-corrected chi connectivity index (χ3v) is 2.08. The van der Waals surface area contributed by atoms with Gasteiger partial charge in [0.05, 0.1) is 5.69 Å². The van der Waals surface area contributed by atoms with Gasteiger partial charge in [-0.1, -0.05) is 55.8 Å². The first-order valence-electron chi connectivity index (χ1n) is 5.24. The van der Waals surface area contributed by atoms with Crippen molar-refractivity contribution in [2.75, 3.05) is 5.73 Å². The SMILES string of the molecule is CC.Nc1cc(Cl)nc(-c2ccccc2)c1. The molecule has 1 aromatic carbocycles. The molecule has 3 heteroatoms. The zero-order valence-corrected chi connectivity index (χ0v) is 10.2. The molecular formula is C13H15ClN2. The number of nitrogens with zero attached hydrogens (tertiary/aromatic N) is 1. The van der Waals surface area contributed by atoms with Crippen molar-refractivity contribution < 1.29 is 0 Å². The van der Waals surface area contributed by atoms with Crippen LogP contribution in [0.15, 0.2) is 42.5 Å². The van der Waals surface area contributed by atoms with Gasteiger partial charge in [-0.25, -0.2) is 4.98 Å². The number of benzene rings is 1. The second kappa shape index (κ2) is 6.13. The molecule has 2 nitrogen and oxygen atoms in total. The van der Waals surface area contributed by atoms with Gasteiger partial charge in [-0.2, -0.15) is 0 Å². The Morgan fingerprint density at radius 1 is 1.06 bits per heavy atom. The highest BCUT2D eigenvalue weighted by molar-refractivity contribution is 6.29. The van der Waals surface area contributed by atoms with E-state index >= 15 is 0 Å². The third-order valence-electron chi connectivity index (χ3n) is 1.89. The molecule has 0 aliphatic heterocycles. The summed E-state index contributed by atoms with van der Waals surface area (Å²) in [5.74, 6) is 0. The number of pyridine rings is 1. The maximum absolute atomic E-state index is 5.81. The average Bonchev–Trinajstić information content (AvgIpc) is 2.32. The van der Waals surface area contributed by atoms with Gasteiger partial charge in [0.25, 0.3) is 0 Å². The van der Waals surface area contributed by atoms with E-state index < -0.39 is 0 Å². The van der Waals surface area contributed by atoms with Crippen molar-refractivity contribution in [1.29, 1.82) is 0 Å². The molecule has 0 aliphatic rings. The summed E-state index contributed by atoms with van der Waals surface area (Å²) in [5.41, 5.74) is 8.12. The molecule has 0 fully saturated rings. The van der Waals surface area contributed by atoms with Gasteiger partial charge in [0.15, 0.2) is 0 Å². The van der Waals surface area contributed by atoms with E-state index in [1.54, 1.807) is 12.1 Å². The van der Waals surface area contributed by atoms with Crippen molar-refractivity contribution in [3.05, 3.63) is 47.6 Å². The predicted molar refractivity (Wildman–Crippen MR) is 70.4 cm³/mol. The summed E-state index contributed by atoms with van der Waals surface area (Å²) in [6.07, 6.45) is 0. The molecule has 0 aliphatic carbocycles. The highest BCUT2D eigenvalue weighted by Gasteiger charge is 2.00. The summed E-state index contributed by atoms with van der Waals surface area (Å²) in [6, 6.07) is 13.2. The van der Waals surface area contributed by atoms with Crippen LogP contribution >= 0.6 is 11.6 Å². The highest BCUT2D eigenvalue weighted by Crippen LogP contribution is 2.21. The number of nitrogen functional groups attached to an aromatic ring is 1. The van der Waals surface area contributed by atoms with Crippen molar-refractivity contribution in [2.45, 2.75) is 13.8 Å². The first kappa shape index (κ1) is 12.5. The number of anilines is 1. The zero-order valence-electron chi connectivity index (χ0n) is 9.44. The maximum atomic E-state index is 5.81. The number of halogens is 1. The van der Waals surface area contributed by atoms with E-state index in [0.29, 0.717) is 10.8 Å². The molecule has 2 aromatic rings. The molecule has 0 unspecified atom stereocenters. The van der Waals surface area contributed by atoms with Crippen molar-refractivity contribution in [1.82, 2.24) is 4.98 Å². The number of hydrogen-bond donors (Lipinski definition) is 1. The van der Waals surface area contributed by atoms with Crippen LogP contribution in [-0.2, 0) is 0 Å². The maximum Gasteiger partial charge on any atom is 0.131 e. The Kier molecular flexibility index (Phi) is 4.80. The molecular weight excluding hydrogens is 220 g/mol. The minimum Gasteiger partial charge on any atom is -0.399 e. The van der Waals surface area contributed by atoms with Crippen LogP contribution in [0.5, 0.6) is 0 Å². The molecule has 0 saturated heterocycles. The van der Waals surface area contributed by atoms with Gasteiger partial charge in [-0.05, 0) is 12.1 Å². The number of nitrogens with two attached hydrogens (primary N) is 1. The smallest absolute Gasteiger partial charge is 0.131 e. The molecule has 0 amide bonds. The number of rotatable bonds is 1. The van der Waals surface area contributed by atoms with Crippen molar-refractivity contribution in [3.8, 4) is 11.3 Å². The van der Waals surface area contributed by atoms with E-state index in [1.807, 2.05) is 44.2 Å². The normalized spacial score (nSPS) is 9.19. The molecule has 84 valence electrons. The molecule has 16 heavy (non-hydrogen) atoms. The molecule has 0 saturated carbocycles. The Morgan fingerprint density at radius 3 is 2.25 bits per heavy atom. The van der Waals surface area contributed by atoms with Crippen LogP contribution in [0.4, 0.5) is 5.69 Å². The van der Waals surface area contributed by atoms with Crippen LogP contribution in [0.2, 0.25) is 5.15 Å². The average molecular weight is 235 g/mol. The van der Waals surface area contributed by atoms with E-state index in [9.17, 15) is 0 Å². The van der Waals surface area contributed by atoms with E-state index in [-0.39, 0.29) is 0 Å². The number of hydrogen-bond acceptors (Lipinski definition) is 2. The lowest BCUT2D eigenvalue weighted by Gasteiger charge is -2.02. The Hall–Kier alpha value is -1.54. The van der Waals surface area contributed by atoms with Crippen LogP contribution in [0.1, 0.15) is 13.8 Å². The highest BCUT2D eigenvalue weighted by atomic mass is 35.5. The molecule has 0 radical (unpaired) electrons. The van der Waals surface area contributed by atoms with Crippen LogP contribution in [0.3, 0.4) is 0 Å². The van der Waals surface area contributed by atoms with Gasteiger partial charge >= 0.3 is 0 Å². The third kappa shape index (κ3) is 3.24. The fraction of sp³-hybridized carbons (Fsp3) is 0.154. The molecule has 1 heterocycles. The van der Waals surface area contributed by atoms with Gasteiger partial charge in [0.1, 0.15) is 5.15 Å². The lowest BCUT2D eigenvalue weighted by atomic mass is 10.1. The molecule has 0 spiro atoms. The van der Waals surface area contributed by atoms with Gasteiger partial charge < -0.3 is 5.73 Å². The summed E-state index contributed by atoms with van der Waals surface area (Å²) in [5, 5.41) is 0.420. The quantitative estimate of drug-likeness (QED) is 0.758. The Bertz CT molecular complexity index is 421. The van der Waals surface area contributed by atoms with Gasteiger partial charge in [0.2, 0.25) is 0 Å². The summed E-state index contributed by atoms with van der Waals surface area (Å²) in [4.78, 5) is 4.19. The largest absolute Gasteiger partial charge is 0.399 e. The monoisotopic (exact) mass is 234 g/mol. The minimum absolute atomic E-state index is 0.420. The van der Waals surface area contributed by atoms with E-state index in [4.69, 9.17) is 17.3 Å². The second-order valence-corrected chi connectivity index (χ2v) is 3.36. The summed E-state index contributed by atoms with van der Waals surface area (Å²) < 4.78 is 0. The van der Waals surface area contributed by atoms with Crippen LogP contribution in [0, 0.1) is 0 Å². The Labute approximate surface area is 101 Å². The fourth-order valence-corrected chi connectivity index (χ4v) is 1.49. The molecule has 2 rings (SSSR count). The lowest BCUT2D eigenvalue weighted by molar-refractivity contribution is 1.33.